The first-order valence-corrected chi connectivity index (χ1v) is 9.00. The highest BCUT2D eigenvalue weighted by Crippen LogP contribution is 2.31. The summed E-state index contributed by atoms with van der Waals surface area (Å²) in [6.45, 7) is 3.13. The van der Waals surface area contributed by atoms with E-state index in [2.05, 4.69) is 19.9 Å². The van der Waals surface area contributed by atoms with Crippen LogP contribution in [0.4, 0.5) is 0 Å². The number of hydrogen-bond donors (Lipinski definition) is 1. The fourth-order valence-electron chi connectivity index (χ4n) is 2.89. The summed E-state index contributed by atoms with van der Waals surface area (Å²) in [6, 6.07) is 8.13. The van der Waals surface area contributed by atoms with Gasteiger partial charge in [0.1, 0.15) is 5.82 Å². The Morgan fingerprint density at radius 1 is 1.29 bits per heavy atom. The van der Waals surface area contributed by atoms with E-state index in [0.717, 1.165) is 40.4 Å². The van der Waals surface area contributed by atoms with Gasteiger partial charge in [-0.2, -0.15) is 0 Å². The molecule has 24 heavy (non-hydrogen) atoms. The van der Waals surface area contributed by atoms with Crippen molar-refractivity contribution in [1.29, 1.82) is 0 Å². The summed E-state index contributed by atoms with van der Waals surface area (Å²) in [6.07, 6.45) is 5.53. The number of H-pyrrole nitrogens is 1. The number of nitrogens with zero attached hydrogens (tertiary/aromatic N) is 3. The fourth-order valence-corrected chi connectivity index (χ4v) is 3.90. The Kier molecular flexibility index (Phi) is 4.62. The molecule has 1 N–H and O–H groups in total. The van der Waals surface area contributed by atoms with Crippen molar-refractivity contribution in [3.63, 3.8) is 0 Å². The Balaban J connectivity index is 1.55. The van der Waals surface area contributed by atoms with Crippen LogP contribution in [0.25, 0.3) is 10.6 Å². The molecule has 124 valence electrons. The van der Waals surface area contributed by atoms with E-state index in [1.54, 1.807) is 11.3 Å². The fraction of sp³-hybridized carbons (Fsp3) is 0.294. The highest BCUT2D eigenvalue weighted by atomic mass is 35.5. The summed E-state index contributed by atoms with van der Waals surface area (Å²) in [7, 11) is 0. The van der Waals surface area contributed by atoms with Crippen LogP contribution in [-0.2, 0) is 11.3 Å². The van der Waals surface area contributed by atoms with Gasteiger partial charge in [-0.1, -0.05) is 11.6 Å². The average molecular weight is 361 g/mol. The number of halogens is 1. The van der Waals surface area contributed by atoms with Gasteiger partial charge in [-0.05, 0) is 29.8 Å². The van der Waals surface area contributed by atoms with Crippen molar-refractivity contribution in [3.05, 3.63) is 58.6 Å². The van der Waals surface area contributed by atoms with Crippen LogP contribution in [-0.4, -0.2) is 39.6 Å². The normalized spacial score (nSPS) is 18.8. The van der Waals surface area contributed by atoms with Gasteiger partial charge in [0.05, 0.1) is 40.4 Å². The molecule has 0 unspecified atom stereocenters. The third-order valence-corrected chi connectivity index (χ3v) is 5.39. The Bertz CT molecular complexity index is 804. The lowest BCUT2D eigenvalue weighted by molar-refractivity contribution is -0.0156. The molecule has 0 spiro atoms. The zero-order valence-corrected chi connectivity index (χ0v) is 14.6. The van der Waals surface area contributed by atoms with E-state index in [9.17, 15) is 0 Å². The van der Waals surface area contributed by atoms with E-state index >= 15 is 0 Å². The molecule has 3 aromatic rings. The molecular formula is C17H17ClN4OS. The van der Waals surface area contributed by atoms with Crippen LogP contribution in [0.5, 0.6) is 0 Å². The van der Waals surface area contributed by atoms with Crippen LogP contribution in [0.1, 0.15) is 17.4 Å². The topological polar surface area (TPSA) is 54.0 Å². The molecule has 0 saturated carbocycles. The highest BCUT2D eigenvalue weighted by molar-refractivity contribution is 7.19. The number of aromatic amines is 1. The van der Waals surface area contributed by atoms with Gasteiger partial charge in [0.25, 0.3) is 0 Å². The summed E-state index contributed by atoms with van der Waals surface area (Å²) in [4.78, 5) is 15.6. The van der Waals surface area contributed by atoms with Crippen molar-refractivity contribution in [1.82, 2.24) is 19.9 Å². The Morgan fingerprint density at radius 3 is 2.96 bits per heavy atom. The van der Waals surface area contributed by atoms with Crippen LogP contribution in [0.3, 0.4) is 0 Å². The molecule has 3 aromatic heterocycles. The predicted octanol–water partition coefficient (Wildman–Crippen LogP) is 3.76. The summed E-state index contributed by atoms with van der Waals surface area (Å²) in [5.41, 5.74) is 2.24. The zero-order chi connectivity index (χ0) is 16.4. The van der Waals surface area contributed by atoms with E-state index in [1.165, 1.54) is 5.56 Å². The summed E-state index contributed by atoms with van der Waals surface area (Å²) < 4.78 is 6.47. The number of morpholine rings is 1. The second-order valence-electron chi connectivity index (χ2n) is 5.70. The number of pyridine rings is 1. The van der Waals surface area contributed by atoms with E-state index in [0.29, 0.717) is 6.61 Å². The smallest absolute Gasteiger partial charge is 0.126 e. The molecule has 7 heteroatoms. The molecule has 1 saturated heterocycles. The van der Waals surface area contributed by atoms with Crippen molar-refractivity contribution < 1.29 is 4.74 Å². The summed E-state index contributed by atoms with van der Waals surface area (Å²) in [5, 5.41) is 0. The minimum Gasteiger partial charge on any atom is -0.378 e. The monoisotopic (exact) mass is 360 g/mol. The third-order valence-electron chi connectivity index (χ3n) is 4.12. The molecule has 0 aromatic carbocycles. The molecule has 0 aliphatic carbocycles. The van der Waals surface area contributed by atoms with Gasteiger partial charge >= 0.3 is 0 Å². The lowest BCUT2D eigenvalue weighted by Gasteiger charge is -2.34. The predicted molar refractivity (Wildman–Crippen MR) is 95.1 cm³/mol. The van der Waals surface area contributed by atoms with Gasteiger partial charge < -0.3 is 9.72 Å². The zero-order valence-electron chi connectivity index (χ0n) is 13.0. The van der Waals surface area contributed by atoms with Crippen LogP contribution < -0.4 is 0 Å². The first-order chi connectivity index (χ1) is 11.8. The molecular weight excluding hydrogens is 344 g/mol. The number of hydrogen-bond acceptors (Lipinski definition) is 5. The quantitative estimate of drug-likeness (QED) is 0.769. The van der Waals surface area contributed by atoms with Gasteiger partial charge in [0.2, 0.25) is 0 Å². The number of thiophene rings is 1. The SMILES string of the molecule is Clc1ccc(-c2cnc([C@@H]3COCCN3Cc3ccncc3)[nH]2)s1. The lowest BCUT2D eigenvalue weighted by atomic mass is 10.1. The maximum Gasteiger partial charge on any atom is 0.126 e. The van der Waals surface area contributed by atoms with Crippen LogP contribution in [0, 0.1) is 0 Å². The molecule has 0 radical (unpaired) electrons. The number of imidazole rings is 1. The molecule has 1 fully saturated rings. The highest BCUT2D eigenvalue weighted by Gasteiger charge is 2.27. The molecule has 4 heterocycles. The van der Waals surface area contributed by atoms with Crippen molar-refractivity contribution in [3.8, 4) is 10.6 Å². The largest absolute Gasteiger partial charge is 0.378 e. The Labute approximate surface area is 149 Å². The maximum absolute atomic E-state index is 6.03. The van der Waals surface area contributed by atoms with Crippen molar-refractivity contribution in [2.45, 2.75) is 12.6 Å². The minimum atomic E-state index is 0.121. The summed E-state index contributed by atoms with van der Waals surface area (Å²) in [5.74, 6) is 0.934. The average Bonchev–Trinajstić information content (AvgIpc) is 3.25. The molecule has 1 atom stereocenters. The Morgan fingerprint density at radius 2 is 2.17 bits per heavy atom. The molecule has 0 amide bonds. The lowest BCUT2D eigenvalue weighted by Crippen LogP contribution is -2.39. The van der Waals surface area contributed by atoms with Crippen LogP contribution in [0.15, 0.2) is 42.9 Å². The van der Waals surface area contributed by atoms with E-state index < -0.39 is 0 Å². The van der Waals surface area contributed by atoms with Gasteiger partial charge in [0.15, 0.2) is 0 Å². The van der Waals surface area contributed by atoms with Crippen LogP contribution >= 0.6 is 22.9 Å². The van der Waals surface area contributed by atoms with Gasteiger partial charge in [-0.15, -0.1) is 11.3 Å². The third kappa shape index (κ3) is 3.37. The molecule has 1 aliphatic heterocycles. The van der Waals surface area contributed by atoms with Gasteiger partial charge in [-0.25, -0.2) is 4.98 Å². The molecule has 5 nitrogen and oxygen atoms in total. The number of nitrogens with one attached hydrogen (secondary N) is 1. The van der Waals surface area contributed by atoms with E-state index in [4.69, 9.17) is 16.3 Å². The second kappa shape index (κ2) is 7.03. The molecule has 4 rings (SSSR count). The maximum atomic E-state index is 6.03. The summed E-state index contributed by atoms with van der Waals surface area (Å²) >= 11 is 7.58. The van der Waals surface area contributed by atoms with Crippen LogP contribution in [0.2, 0.25) is 4.34 Å². The second-order valence-corrected chi connectivity index (χ2v) is 7.42. The standard InChI is InChI=1S/C17H17ClN4OS/c18-16-2-1-15(24-16)13-9-20-17(21-13)14-11-23-8-7-22(14)10-12-3-5-19-6-4-12/h1-6,9,14H,7-8,10-11H2,(H,20,21)/t14-/m0/s1. The Hall–Kier alpha value is -1.73. The van der Waals surface area contributed by atoms with Crippen molar-refractivity contribution >= 4 is 22.9 Å². The first-order valence-electron chi connectivity index (χ1n) is 7.81. The number of ether oxygens (including phenoxy) is 1. The number of aromatic nitrogens is 3. The van der Waals surface area contributed by atoms with Crippen molar-refractivity contribution in [2.24, 2.45) is 0 Å². The van der Waals surface area contributed by atoms with Crippen molar-refractivity contribution in [2.75, 3.05) is 19.8 Å². The van der Waals surface area contributed by atoms with Gasteiger partial charge in [-0.3, -0.25) is 9.88 Å². The van der Waals surface area contributed by atoms with Gasteiger partial charge in [0, 0.05) is 25.5 Å². The first kappa shape index (κ1) is 15.8. The molecule has 0 bridgehead atoms. The van der Waals surface area contributed by atoms with E-state index in [1.807, 2.05) is 42.9 Å². The molecule has 1 aliphatic rings. The number of rotatable bonds is 4. The van der Waals surface area contributed by atoms with E-state index in [-0.39, 0.29) is 6.04 Å². The minimum absolute atomic E-state index is 0.121.